The predicted molar refractivity (Wildman–Crippen MR) is 154 cm³/mol. The van der Waals surface area contributed by atoms with Gasteiger partial charge in [-0.05, 0) is 74.1 Å². The molecular formula is C34H32N2O2. The van der Waals surface area contributed by atoms with Crippen molar-refractivity contribution in [3.63, 3.8) is 0 Å². The van der Waals surface area contributed by atoms with Crippen molar-refractivity contribution in [1.29, 1.82) is 0 Å². The van der Waals surface area contributed by atoms with Crippen LogP contribution in [-0.2, 0) is 6.54 Å². The number of carbonyl (C=O) groups excluding carboxylic acids is 1. The van der Waals surface area contributed by atoms with Gasteiger partial charge >= 0.3 is 0 Å². The summed E-state index contributed by atoms with van der Waals surface area (Å²) in [4.78, 5) is 17.4. The lowest BCUT2D eigenvalue weighted by molar-refractivity contribution is 0.101. The zero-order chi connectivity index (χ0) is 25.8. The number of ketones is 1. The molecule has 5 aromatic rings. The SMILES string of the molecule is CC(=O)c1ccc2c(C3CCCCC3)c3n(c2c1)CCOc1c-3ccc2nc(-c3ccccc3C)ccc12. The molecule has 38 heavy (non-hydrogen) atoms. The number of aromatic nitrogens is 2. The largest absolute Gasteiger partial charge is 0.490 e. The molecule has 0 saturated heterocycles. The van der Waals surface area contributed by atoms with E-state index >= 15 is 0 Å². The van der Waals surface area contributed by atoms with Crippen LogP contribution in [0.3, 0.4) is 0 Å². The van der Waals surface area contributed by atoms with Gasteiger partial charge in [-0.25, -0.2) is 4.98 Å². The van der Waals surface area contributed by atoms with Gasteiger partial charge in [-0.1, -0.05) is 55.7 Å². The van der Waals surface area contributed by atoms with Crippen LogP contribution < -0.4 is 4.74 Å². The standard InChI is InChI=1S/C34H32N2O2/c1-21-8-6-7-11-25(21)29-16-14-26-30(35-29)17-15-28-33-32(23-9-4-3-5-10-23)27-13-12-24(22(2)37)20-31(27)36(33)18-19-38-34(26)28/h6-8,11-17,20,23H,3-5,9-10,18-19H2,1-2H3. The van der Waals surface area contributed by atoms with Crippen molar-refractivity contribution in [1.82, 2.24) is 9.55 Å². The fourth-order valence-electron chi connectivity index (χ4n) is 6.69. The van der Waals surface area contributed by atoms with Crippen molar-refractivity contribution in [3.8, 4) is 28.3 Å². The van der Waals surface area contributed by atoms with E-state index in [9.17, 15) is 4.79 Å². The molecule has 4 heteroatoms. The summed E-state index contributed by atoms with van der Waals surface area (Å²) in [5, 5.41) is 2.34. The molecule has 0 spiro atoms. The zero-order valence-corrected chi connectivity index (χ0v) is 22.1. The van der Waals surface area contributed by atoms with E-state index in [4.69, 9.17) is 9.72 Å². The lowest BCUT2D eigenvalue weighted by Crippen LogP contribution is -2.07. The number of hydrogen-bond donors (Lipinski definition) is 0. The fraction of sp³-hybridized carbons (Fsp3) is 0.294. The average Bonchev–Trinajstić information content (AvgIpc) is 3.13. The molecule has 0 bridgehead atoms. The monoisotopic (exact) mass is 500 g/mol. The normalized spacial score (nSPS) is 15.6. The Hall–Kier alpha value is -3.92. The second-order valence-electron chi connectivity index (χ2n) is 10.9. The highest BCUT2D eigenvalue weighted by molar-refractivity contribution is 6.02. The van der Waals surface area contributed by atoms with Crippen LogP contribution >= 0.6 is 0 Å². The molecule has 1 fully saturated rings. The van der Waals surface area contributed by atoms with Gasteiger partial charge < -0.3 is 9.30 Å². The predicted octanol–water partition coefficient (Wildman–Crippen LogP) is 8.47. The van der Waals surface area contributed by atoms with E-state index in [1.807, 2.05) is 6.07 Å². The molecule has 0 unspecified atom stereocenters. The molecular weight excluding hydrogens is 468 g/mol. The lowest BCUT2D eigenvalue weighted by atomic mass is 9.81. The molecule has 0 amide bonds. The van der Waals surface area contributed by atoms with Crippen LogP contribution in [0.2, 0.25) is 0 Å². The first-order valence-corrected chi connectivity index (χ1v) is 13.9. The highest BCUT2D eigenvalue weighted by Crippen LogP contribution is 2.48. The smallest absolute Gasteiger partial charge is 0.159 e. The summed E-state index contributed by atoms with van der Waals surface area (Å²) < 4.78 is 8.93. The van der Waals surface area contributed by atoms with Crippen molar-refractivity contribution in [3.05, 3.63) is 83.4 Å². The average molecular weight is 501 g/mol. The topological polar surface area (TPSA) is 44.1 Å². The molecule has 4 nitrogen and oxygen atoms in total. The Morgan fingerprint density at radius 2 is 1.74 bits per heavy atom. The molecule has 0 atom stereocenters. The first-order chi connectivity index (χ1) is 18.6. The van der Waals surface area contributed by atoms with Crippen LogP contribution in [0.15, 0.2) is 66.7 Å². The molecule has 2 aromatic heterocycles. The zero-order valence-electron chi connectivity index (χ0n) is 22.1. The number of Topliss-reactive ketones (excluding diaryl/α,β-unsaturated/α-hetero) is 1. The Bertz CT molecular complexity index is 1720. The van der Waals surface area contributed by atoms with Gasteiger partial charge in [0.25, 0.3) is 0 Å². The van der Waals surface area contributed by atoms with E-state index in [1.165, 1.54) is 54.3 Å². The summed E-state index contributed by atoms with van der Waals surface area (Å²) >= 11 is 0. The Balaban J connectivity index is 1.47. The number of hydrogen-bond acceptors (Lipinski definition) is 3. The number of aryl methyl sites for hydroxylation is 1. The number of ether oxygens (including phenoxy) is 1. The Morgan fingerprint density at radius 3 is 2.55 bits per heavy atom. The molecule has 190 valence electrons. The maximum atomic E-state index is 12.3. The van der Waals surface area contributed by atoms with Gasteiger partial charge in [-0.15, -0.1) is 0 Å². The maximum Gasteiger partial charge on any atom is 0.159 e. The minimum absolute atomic E-state index is 0.105. The number of nitrogens with zero attached hydrogens (tertiary/aromatic N) is 2. The lowest BCUT2D eigenvalue weighted by Gasteiger charge is -2.23. The van der Waals surface area contributed by atoms with Gasteiger partial charge in [-0.3, -0.25) is 4.79 Å². The van der Waals surface area contributed by atoms with Crippen LogP contribution in [0.25, 0.3) is 44.3 Å². The molecule has 0 radical (unpaired) electrons. The van der Waals surface area contributed by atoms with Crippen LogP contribution in [0, 0.1) is 6.92 Å². The van der Waals surface area contributed by atoms with E-state index in [2.05, 4.69) is 72.2 Å². The van der Waals surface area contributed by atoms with Gasteiger partial charge in [0.2, 0.25) is 0 Å². The number of carbonyl (C=O) groups is 1. The van der Waals surface area contributed by atoms with Crippen LogP contribution in [-0.4, -0.2) is 21.9 Å². The third kappa shape index (κ3) is 3.65. The Labute approximate surface area is 223 Å². The van der Waals surface area contributed by atoms with Crippen LogP contribution in [0.4, 0.5) is 0 Å². The summed E-state index contributed by atoms with van der Waals surface area (Å²) in [7, 11) is 0. The molecule has 0 N–H and O–H groups in total. The van der Waals surface area contributed by atoms with E-state index < -0.39 is 0 Å². The molecule has 1 saturated carbocycles. The van der Waals surface area contributed by atoms with Gasteiger partial charge in [0, 0.05) is 33.0 Å². The van der Waals surface area contributed by atoms with E-state index in [0.717, 1.165) is 51.1 Å². The van der Waals surface area contributed by atoms with Gasteiger partial charge in [0.05, 0.1) is 23.4 Å². The summed E-state index contributed by atoms with van der Waals surface area (Å²) in [5.74, 6) is 1.55. The number of benzene rings is 3. The molecule has 1 aliphatic heterocycles. The third-order valence-corrected chi connectivity index (χ3v) is 8.58. The number of pyridine rings is 1. The Morgan fingerprint density at radius 1 is 0.921 bits per heavy atom. The van der Waals surface area contributed by atoms with Gasteiger partial charge in [-0.2, -0.15) is 0 Å². The summed E-state index contributed by atoms with van der Waals surface area (Å²) in [6.45, 7) is 5.12. The van der Waals surface area contributed by atoms with Crippen molar-refractivity contribution in [2.24, 2.45) is 0 Å². The first kappa shape index (κ1) is 23.2. The van der Waals surface area contributed by atoms with Crippen molar-refractivity contribution in [2.75, 3.05) is 6.61 Å². The minimum Gasteiger partial charge on any atom is -0.490 e. The highest BCUT2D eigenvalue weighted by Gasteiger charge is 2.30. The van der Waals surface area contributed by atoms with E-state index in [-0.39, 0.29) is 5.78 Å². The van der Waals surface area contributed by atoms with Crippen molar-refractivity contribution < 1.29 is 9.53 Å². The van der Waals surface area contributed by atoms with Gasteiger partial charge in [0.1, 0.15) is 12.4 Å². The number of rotatable bonds is 3. The summed E-state index contributed by atoms with van der Waals surface area (Å²) in [5.41, 5.74) is 10.1. The molecule has 2 aliphatic rings. The summed E-state index contributed by atoms with van der Waals surface area (Å²) in [6, 6.07) is 23.3. The number of fused-ring (bicyclic) bond motifs is 7. The van der Waals surface area contributed by atoms with Crippen LogP contribution in [0.1, 0.15) is 66.4 Å². The highest BCUT2D eigenvalue weighted by atomic mass is 16.5. The first-order valence-electron chi connectivity index (χ1n) is 13.9. The Kier molecular flexibility index (Phi) is 5.57. The van der Waals surface area contributed by atoms with Crippen LogP contribution in [0.5, 0.6) is 5.75 Å². The molecule has 3 heterocycles. The fourth-order valence-corrected chi connectivity index (χ4v) is 6.69. The van der Waals surface area contributed by atoms with Crippen molar-refractivity contribution in [2.45, 2.75) is 58.4 Å². The van der Waals surface area contributed by atoms with E-state index in [0.29, 0.717) is 12.5 Å². The quantitative estimate of drug-likeness (QED) is 0.233. The third-order valence-electron chi connectivity index (χ3n) is 8.58. The molecule has 1 aliphatic carbocycles. The second-order valence-corrected chi connectivity index (χ2v) is 10.9. The van der Waals surface area contributed by atoms with E-state index in [1.54, 1.807) is 6.92 Å². The second kappa shape index (κ2) is 9.13. The molecule has 7 rings (SSSR count). The van der Waals surface area contributed by atoms with Gasteiger partial charge in [0.15, 0.2) is 5.78 Å². The van der Waals surface area contributed by atoms with Crippen molar-refractivity contribution >= 4 is 27.6 Å². The molecule has 3 aromatic carbocycles. The summed E-state index contributed by atoms with van der Waals surface area (Å²) in [6.07, 6.45) is 6.29. The maximum absolute atomic E-state index is 12.3. The minimum atomic E-state index is 0.105.